The van der Waals surface area contributed by atoms with E-state index in [-0.39, 0.29) is 6.04 Å². The minimum Gasteiger partial charge on any atom is -0.307 e. The third kappa shape index (κ3) is 1.65. The standard InChI is InChI=1S/C12H11BrN4/c13-11-5-1-4-10-9(7-14)16-12(17(10)11)8-3-2-6-15-8/h1,4-5,8,15H,2-3,6H2. The number of hydrogen-bond donors (Lipinski definition) is 1. The average Bonchev–Trinajstić information content (AvgIpc) is 2.95. The summed E-state index contributed by atoms with van der Waals surface area (Å²) in [4.78, 5) is 4.46. The van der Waals surface area contributed by atoms with Crippen molar-refractivity contribution in [2.24, 2.45) is 0 Å². The summed E-state index contributed by atoms with van der Waals surface area (Å²) in [6, 6.07) is 8.23. The van der Waals surface area contributed by atoms with Gasteiger partial charge in [0, 0.05) is 0 Å². The number of rotatable bonds is 1. The van der Waals surface area contributed by atoms with Crippen LogP contribution in [0.15, 0.2) is 22.8 Å². The maximum Gasteiger partial charge on any atom is 0.166 e. The highest BCUT2D eigenvalue weighted by molar-refractivity contribution is 9.10. The molecule has 1 atom stereocenters. The fourth-order valence-corrected chi connectivity index (χ4v) is 2.87. The van der Waals surface area contributed by atoms with Crippen LogP contribution >= 0.6 is 15.9 Å². The summed E-state index contributed by atoms with van der Waals surface area (Å²) < 4.78 is 2.95. The van der Waals surface area contributed by atoms with Crippen LogP contribution in [0, 0.1) is 11.3 Å². The van der Waals surface area contributed by atoms with Crippen LogP contribution in [0.25, 0.3) is 5.52 Å². The lowest BCUT2D eigenvalue weighted by Gasteiger charge is -2.09. The quantitative estimate of drug-likeness (QED) is 0.821. The predicted molar refractivity (Wildman–Crippen MR) is 67.6 cm³/mol. The highest BCUT2D eigenvalue weighted by atomic mass is 79.9. The lowest BCUT2D eigenvalue weighted by atomic mass is 10.2. The SMILES string of the molecule is N#Cc1nc(C2CCCN2)n2c(Br)cccc12. The Kier molecular flexibility index (Phi) is 2.61. The molecule has 1 unspecified atom stereocenters. The molecule has 1 N–H and O–H groups in total. The van der Waals surface area contributed by atoms with Crippen LogP contribution in [0.3, 0.4) is 0 Å². The molecule has 3 heterocycles. The third-order valence-corrected chi connectivity index (χ3v) is 3.74. The molecule has 0 radical (unpaired) electrons. The Labute approximate surface area is 107 Å². The Balaban J connectivity index is 2.27. The molecule has 3 rings (SSSR count). The van der Waals surface area contributed by atoms with E-state index >= 15 is 0 Å². The van der Waals surface area contributed by atoms with E-state index in [4.69, 9.17) is 5.26 Å². The van der Waals surface area contributed by atoms with Gasteiger partial charge in [0.25, 0.3) is 0 Å². The first-order valence-corrected chi connectivity index (χ1v) is 6.41. The zero-order chi connectivity index (χ0) is 11.8. The lowest BCUT2D eigenvalue weighted by molar-refractivity contribution is 0.600. The number of nitriles is 1. The van der Waals surface area contributed by atoms with Crippen molar-refractivity contribution in [3.8, 4) is 6.07 Å². The Morgan fingerprint density at radius 3 is 3.12 bits per heavy atom. The first kappa shape index (κ1) is 10.8. The fourth-order valence-electron chi connectivity index (χ4n) is 2.34. The van der Waals surface area contributed by atoms with E-state index in [0.29, 0.717) is 5.69 Å². The molecule has 1 aliphatic rings. The Morgan fingerprint density at radius 1 is 1.53 bits per heavy atom. The van der Waals surface area contributed by atoms with Crippen molar-refractivity contribution in [1.29, 1.82) is 5.26 Å². The highest BCUT2D eigenvalue weighted by Gasteiger charge is 2.23. The Morgan fingerprint density at radius 2 is 2.41 bits per heavy atom. The summed E-state index contributed by atoms with van der Waals surface area (Å²) in [5.74, 6) is 0.932. The normalized spacial score (nSPS) is 19.6. The Hall–Kier alpha value is -1.38. The monoisotopic (exact) mass is 290 g/mol. The van der Waals surface area contributed by atoms with Gasteiger partial charge in [-0.2, -0.15) is 5.26 Å². The molecule has 0 bridgehead atoms. The summed E-state index contributed by atoms with van der Waals surface area (Å²) in [6.07, 6.45) is 2.23. The summed E-state index contributed by atoms with van der Waals surface area (Å²) >= 11 is 3.52. The van der Waals surface area contributed by atoms with Crippen molar-refractivity contribution >= 4 is 21.4 Å². The number of nitrogens with one attached hydrogen (secondary N) is 1. The number of aromatic nitrogens is 2. The molecule has 0 aromatic carbocycles. The van der Waals surface area contributed by atoms with E-state index in [1.165, 1.54) is 0 Å². The molecule has 4 nitrogen and oxygen atoms in total. The number of hydrogen-bond acceptors (Lipinski definition) is 3. The van der Waals surface area contributed by atoms with Crippen molar-refractivity contribution in [3.05, 3.63) is 34.3 Å². The van der Waals surface area contributed by atoms with Crippen molar-refractivity contribution in [3.63, 3.8) is 0 Å². The number of pyridine rings is 1. The van der Waals surface area contributed by atoms with Crippen molar-refractivity contribution < 1.29 is 0 Å². The van der Waals surface area contributed by atoms with Gasteiger partial charge in [-0.15, -0.1) is 0 Å². The molecule has 0 amide bonds. The second-order valence-corrected chi connectivity index (χ2v) is 4.96. The zero-order valence-electron chi connectivity index (χ0n) is 9.15. The molecule has 0 saturated carbocycles. The third-order valence-electron chi connectivity index (χ3n) is 3.12. The van der Waals surface area contributed by atoms with Crippen LogP contribution in [-0.2, 0) is 0 Å². The maximum atomic E-state index is 9.12. The predicted octanol–water partition coefficient (Wildman–Crippen LogP) is 2.39. The zero-order valence-corrected chi connectivity index (χ0v) is 10.7. The van der Waals surface area contributed by atoms with E-state index in [1.54, 1.807) is 0 Å². The molecule has 1 fully saturated rings. The molecule has 17 heavy (non-hydrogen) atoms. The first-order valence-electron chi connectivity index (χ1n) is 5.61. The molecule has 0 aliphatic carbocycles. The van der Waals surface area contributed by atoms with E-state index in [9.17, 15) is 0 Å². The minimum absolute atomic E-state index is 0.253. The smallest absolute Gasteiger partial charge is 0.166 e. The Bertz CT molecular complexity index is 605. The second-order valence-electron chi connectivity index (χ2n) is 4.15. The van der Waals surface area contributed by atoms with Crippen molar-refractivity contribution in [2.45, 2.75) is 18.9 Å². The van der Waals surface area contributed by atoms with E-state index in [1.807, 2.05) is 22.6 Å². The fraction of sp³-hybridized carbons (Fsp3) is 0.333. The summed E-state index contributed by atoms with van der Waals surface area (Å²) in [5.41, 5.74) is 1.36. The van der Waals surface area contributed by atoms with Crippen molar-refractivity contribution in [2.75, 3.05) is 6.54 Å². The van der Waals surface area contributed by atoms with E-state index in [2.05, 4.69) is 32.3 Å². The van der Waals surface area contributed by atoms with Crippen LogP contribution in [0.1, 0.15) is 30.4 Å². The van der Waals surface area contributed by atoms with Crippen LogP contribution < -0.4 is 5.32 Å². The number of imidazole rings is 1. The van der Waals surface area contributed by atoms with Gasteiger partial charge in [-0.25, -0.2) is 4.98 Å². The van der Waals surface area contributed by atoms with Crippen LogP contribution in [0.4, 0.5) is 0 Å². The van der Waals surface area contributed by atoms with Gasteiger partial charge in [0.15, 0.2) is 5.69 Å². The highest BCUT2D eigenvalue weighted by Crippen LogP contribution is 2.27. The number of nitrogens with zero attached hydrogens (tertiary/aromatic N) is 3. The van der Waals surface area contributed by atoms with Gasteiger partial charge in [0.2, 0.25) is 0 Å². The molecule has 5 heteroatoms. The molecule has 1 saturated heterocycles. The number of fused-ring (bicyclic) bond motifs is 1. The maximum absolute atomic E-state index is 9.12. The van der Waals surface area contributed by atoms with Gasteiger partial charge in [-0.05, 0) is 47.4 Å². The van der Waals surface area contributed by atoms with Gasteiger partial charge in [0.05, 0.1) is 16.2 Å². The molecular weight excluding hydrogens is 280 g/mol. The molecule has 2 aromatic rings. The molecule has 0 spiro atoms. The molecular formula is C12H11BrN4. The van der Waals surface area contributed by atoms with Crippen LogP contribution in [0.5, 0.6) is 0 Å². The summed E-state index contributed by atoms with van der Waals surface area (Å²) in [7, 11) is 0. The van der Waals surface area contributed by atoms with Gasteiger partial charge < -0.3 is 5.32 Å². The van der Waals surface area contributed by atoms with Crippen molar-refractivity contribution in [1.82, 2.24) is 14.7 Å². The van der Waals surface area contributed by atoms with Gasteiger partial charge >= 0.3 is 0 Å². The van der Waals surface area contributed by atoms with E-state index < -0.39 is 0 Å². The minimum atomic E-state index is 0.253. The average molecular weight is 291 g/mol. The van der Waals surface area contributed by atoms with Crippen LogP contribution in [-0.4, -0.2) is 15.9 Å². The topological polar surface area (TPSA) is 53.1 Å². The summed E-state index contributed by atoms with van der Waals surface area (Å²) in [5, 5.41) is 12.5. The number of halogens is 1. The second kappa shape index (κ2) is 4.13. The van der Waals surface area contributed by atoms with Crippen LogP contribution in [0.2, 0.25) is 0 Å². The molecule has 86 valence electrons. The largest absolute Gasteiger partial charge is 0.307 e. The van der Waals surface area contributed by atoms with Gasteiger partial charge in [-0.1, -0.05) is 6.07 Å². The van der Waals surface area contributed by atoms with Gasteiger partial charge in [-0.3, -0.25) is 4.40 Å². The van der Waals surface area contributed by atoms with Gasteiger partial charge in [0.1, 0.15) is 11.9 Å². The summed E-state index contributed by atoms with van der Waals surface area (Å²) in [6.45, 7) is 1.02. The molecule has 2 aromatic heterocycles. The van der Waals surface area contributed by atoms with E-state index in [0.717, 1.165) is 35.3 Å². The first-order chi connectivity index (χ1) is 8.31. The lowest BCUT2D eigenvalue weighted by Crippen LogP contribution is -2.16. The molecule has 1 aliphatic heterocycles.